The second kappa shape index (κ2) is 4.91. The van der Waals surface area contributed by atoms with Gasteiger partial charge >= 0.3 is 0 Å². The van der Waals surface area contributed by atoms with Gasteiger partial charge in [0.25, 0.3) is 0 Å². The van der Waals surface area contributed by atoms with Gasteiger partial charge in [0, 0.05) is 18.1 Å². The molecule has 0 N–H and O–H groups in total. The summed E-state index contributed by atoms with van der Waals surface area (Å²) in [4.78, 5) is 0. The lowest BCUT2D eigenvalue weighted by atomic mass is 10.2. The Kier molecular flexibility index (Phi) is 3.78. The van der Waals surface area contributed by atoms with Gasteiger partial charge in [-0.15, -0.1) is 0 Å². The predicted molar refractivity (Wildman–Crippen MR) is 50.9 cm³/mol. The molecule has 0 spiro atoms. The van der Waals surface area contributed by atoms with E-state index in [4.69, 9.17) is 0 Å². The summed E-state index contributed by atoms with van der Waals surface area (Å²) in [5.74, 6) is 0. The van der Waals surface area contributed by atoms with Gasteiger partial charge in [0.2, 0.25) is 0 Å². The number of rotatable bonds is 4. The topological polar surface area (TPSA) is 3.88 Å². The van der Waals surface area contributed by atoms with Crippen LogP contribution in [-0.2, 0) is 13.0 Å². The summed E-state index contributed by atoms with van der Waals surface area (Å²) < 4.78 is 2.28. The predicted octanol–water partition coefficient (Wildman–Crippen LogP) is 2.34. The minimum absolute atomic E-state index is 1.13. The number of pyridine rings is 1. The summed E-state index contributed by atoms with van der Waals surface area (Å²) in [6, 6.07) is 4.32. The number of aryl methyl sites for hydroxylation is 2. The van der Waals surface area contributed by atoms with Crippen LogP contribution < -0.4 is 4.57 Å². The van der Waals surface area contributed by atoms with Gasteiger partial charge < -0.3 is 0 Å². The van der Waals surface area contributed by atoms with Gasteiger partial charge in [-0.3, -0.25) is 0 Å². The lowest BCUT2D eigenvalue weighted by Gasteiger charge is -1.96. The van der Waals surface area contributed by atoms with Crippen LogP contribution in [0.2, 0.25) is 0 Å². The Labute approximate surface area is 75.1 Å². The maximum Gasteiger partial charge on any atom is 0.171 e. The third kappa shape index (κ3) is 2.65. The van der Waals surface area contributed by atoms with Crippen molar-refractivity contribution in [1.29, 1.82) is 0 Å². The highest BCUT2D eigenvalue weighted by molar-refractivity contribution is 5.04. The van der Waals surface area contributed by atoms with E-state index in [0.717, 1.165) is 13.0 Å². The Morgan fingerprint density at radius 1 is 1.33 bits per heavy atom. The average molecular weight is 164 g/mol. The minimum atomic E-state index is 1.13. The standard InChI is InChI=1S/C11H18N/c1-3-5-8-12-9-6-7-11(4-2)10-12/h6-7,9-10H,3-5,8H2,1-2H3/q+1. The Hall–Kier alpha value is -0.850. The molecule has 0 atom stereocenters. The largest absolute Gasteiger partial charge is 0.205 e. The molecule has 66 valence electrons. The fourth-order valence-corrected chi connectivity index (χ4v) is 1.27. The third-order valence-electron chi connectivity index (χ3n) is 2.10. The lowest BCUT2D eigenvalue weighted by molar-refractivity contribution is -0.697. The molecule has 0 fully saturated rings. The first kappa shape index (κ1) is 9.24. The van der Waals surface area contributed by atoms with Gasteiger partial charge in [-0.1, -0.05) is 20.3 Å². The molecule has 0 radical (unpaired) electrons. The molecule has 0 unspecified atom stereocenters. The van der Waals surface area contributed by atoms with Gasteiger partial charge in [-0.2, -0.15) is 0 Å². The average Bonchev–Trinajstić information content (AvgIpc) is 2.15. The molecule has 0 saturated carbocycles. The summed E-state index contributed by atoms with van der Waals surface area (Å²) in [6.45, 7) is 5.58. The molecule has 1 aromatic heterocycles. The number of hydrogen-bond acceptors (Lipinski definition) is 0. The summed E-state index contributed by atoms with van der Waals surface area (Å²) in [6.07, 6.45) is 8.07. The van der Waals surface area contributed by atoms with E-state index in [0.29, 0.717) is 0 Å². The van der Waals surface area contributed by atoms with E-state index < -0.39 is 0 Å². The molecule has 1 heteroatoms. The number of hydrogen-bond donors (Lipinski definition) is 0. The smallest absolute Gasteiger partial charge is 0.171 e. The minimum Gasteiger partial charge on any atom is -0.205 e. The number of unbranched alkanes of at least 4 members (excludes halogenated alkanes) is 1. The Balaban J connectivity index is 2.60. The Morgan fingerprint density at radius 3 is 2.83 bits per heavy atom. The van der Waals surface area contributed by atoms with E-state index in [9.17, 15) is 0 Å². The van der Waals surface area contributed by atoms with E-state index in [1.54, 1.807) is 0 Å². The molecule has 1 nitrogen and oxygen atoms in total. The molecule has 0 aliphatic heterocycles. The van der Waals surface area contributed by atoms with Crippen molar-refractivity contribution in [2.75, 3.05) is 0 Å². The van der Waals surface area contributed by atoms with Crippen LogP contribution in [0.5, 0.6) is 0 Å². The summed E-state index contributed by atoms with van der Waals surface area (Å²) in [7, 11) is 0. The zero-order chi connectivity index (χ0) is 8.81. The normalized spacial score (nSPS) is 10.2. The van der Waals surface area contributed by atoms with Crippen molar-refractivity contribution >= 4 is 0 Å². The Bertz CT molecular complexity index is 230. The van der Waals surface area contributed by atoms with Crippen molar-refractivity contribution < 1.29 is 4.57 Å². The molecule has 0 aliphatic carbocycles. The second-order valence-corrected chi connectivity index (χ2v) is 3.16. The highest BCUT2D eigenvalue weighted by Gasteiger charge is 1.99. The van der Waals surface area contributed by atoms with Gasteiger partial charge in [0.1, 0.15) is 6.54 Å². The number of nitrogens with zero attached hydrogens (tertiary/aromatic N) is 1. The molecule has 0 saturated heterocycles. The van der Waals surface area contributed by atoms with Gasteiger partial charge in [-0.05, 0) is 12.5 Å². The summed E-state index contributed by atoms with van der Waals surface area (Å²) in [5.41, 5.74) is 1.42. The van der Waals surface area contributed by atoms with Crippen molar-refractivity contribution in [3.05, 3.63) is 30.1 Å². The maximum atomic E-state index is 2.28. The molecule has 0 aliphatic rings. The fraction of sp³-hybridized carbons (Fsp3) is 0.545. The molecule has 1 heterocycles. The van der Waals surface area contributed by atoms with Crippen molar-refractivity contribution in [3.63, 3.8) is 0 Å². The lowest BCUT2D eigenvalue weighted by Crippen LogP contribution is -2.33. The van der Waals surface area contributed by atoms with Crippen LogP contribution in [-0.4, -0.2) is 0 Å². The van der Waals surface area contributed by atoms with Gasteiger partial charge in [0.15, 0.2) is 12.4 Å². The molecular weight excluding hydrogens is 146 g/mol. The molecule has 0 bridgehead atoms. The van der Waals surface area contributed by atoms with E-state index in [1.807, 2.05) is 0 Å². The summed E-state index contributed by atoms with van der Waals surface area (Å²) >= 11 is 0. The van der Waals surface area contributed by atoms with Crippen LogP contribution in [0.4, 0.5) is 0 Å². The fourth-order valence-electron chi connectivity index (χ4n) is 1.27. The highest BCUT2D eigenvalue weighted by Crippen LogP contribution is 1.95. The zero-order valence-corrected chi connectivity index (χ0v) is 8.09. The van der Waals surface area contributed by atoms with Gasteiger partial charge in [0.05, 0.1) is 0 Å². The third-order valence-corrected chi connectivity index (χ3v) is 2.10. The van der Waals surface area contributed by atoms with Crippen LogP contribution >= 0.6 is 0 Å². The van der Waals surface area contributed by atoms with Gasteiger partial charge in [-0.25, -0.2) is 4.57 Å². The molecule has 0 aromatic carbocycles. The molecule has 1 rings (SSSR count). The van der Waals surface area contributed by atoms with Crippen molar-refractivity contribution in [1.82, 2.24) is 0 Å². The summed E-state index contributed by atoms with van der Waals surface area (Å²) in [5, 5.41) is 0. The van der Waals surface area contributed by atoms with E-state index in [2.05, 4.69) is 42.9 Å². The first-order valence-corrected chi connectivity index (χ1v) is 4.84. The monoisotopic (exact) mass is 164 g/mol. The van der Waals surface area contributed by atoms with Crippen LogP contribution in [0.3, 0.4) is 0 Å². The van der Waals surface area contributed by atoms with Crippen molar-refractivity contribution in [2.45, 2.75) is 39.7 Å². The molecular formula is C11H18N+. The first-order chi connectivity index (χ1) is 5.86. The van der Waals surface area contributed by atoms with Crippen LogP contribution in [0.15, 0.2) is 24.5 Å². The first-order valence-electron chi connectivity index (χ1n) is 4.84. The Morgan fingerprint density at radius 2 is 2.17 bits per heavy atom. The maximum absolute atomic E-state index is 2.28. The molecule has 0 amide bonds. The van der Waals surface area contributed by atoms with Crippen molar-refractivity contribution in [3.8, 4) is 0 Å². The zero-order valence-electron chi connectivity index (χ0n) is 8.09. The number of aromatic nitrogens is 1. The van der Waals surface area contributed by atoms with E-state index >= 15 is 0 Å². The van der Waals surface area contributed by atoms with Crippen LogP contribution in [0.1, 0.15) is 32.3 Å². The van der Waals surface area contributed by atoms with Crippen LogP contribution in [0, 0.1) is 0 Å². The SMILES string of the molecule is CCCC[n+]1cccc(CC)c1. The molecule has 1 aromatic rings. The quantitative estimate of drug-likeness (QED) is 0.601. The second-order valence-electron chi connectivity index (χ2n) is 3.16. The van der Waals surface area contributed by atoms with Crippen molar-refractivity contribution in [2.24, 2.45) is 0 Å². The van der Waals surface area contributed by atoms with E-state index in [1.165, 1.54) is 18.4 Å². The molecule has 12 heavy (non-hydrogen) atoms. The van der Waals surface area contributed by atoms with Crippen LogP contribution in [0.25, 0.3) is 0 Å². The van der Waals surface area contributed by atoms with E-state index in [-0.39, 0.29) is 0 Å². The highest BCUT2D eigenvalue weighted by atomic mass is 14.9.